The van der Waals surface area contributed by atoms with Crippen molar-refractivity contribution >= 4 is 23.2 Å². The number of hydrogen-bond acceptors (Lipinski definition) is 3. The fourth-order valence-corrected chi connectivity index (χ4v) is 3.33. The highest BCUT2D eigenvalue weighted by Crippen LogP contribution is 2.38. The van der Waals surface area contributed by atoms with Crippen LogP contribution in [-0.4, -0.2) is 11.8 Å². The molecule has 2 atom stereocenters. The minimum absolute atomic E-state index is 0.00637. The predicted octanol–water partition coefficient (Wildman–Crippen LogP) is 5.00. The van der Waals surface area contributed by atoms with Crippen LogP contribution in [0.15, 0.2) is 65.3 Å². The summed E-state index contributed by atoms with van der Waals surface area (Å²) in [5, 5.41) is 2.82. The smallest absolute Gasteiger partial charge is 0.258 e. The largest absolute Gasteiger partial charge is 0.467 e. The van der Waals surface area contributed by atoms with Gasteiger partial charge in [0.2, 0.25) is 5.91 Å². The van der Waals surface area contributed by atoms with Crippen LogP contribution in [0.5, 0.6) is 0 Å². The van der Waals surface area contributed by atoms with Crippen molar-refractivity contribution in [2.24, 2.45) is 11.8 Å². The van der Waals surface area contributed by atoms with E-state index in [-0.39, 0.29) is 29.6 Å². The lowest BCUT2D eigenvalue weighted by atomic mass is 10.1. The lowest BCUT2D eigenvalue weighted by molar-refractivity contribution is -0.117. The van der Waals surface area contributed by atoms with Gasteiger partial charge in [0.25, 0.3) is 5.91 Å². The van der Waals surface area contributed by atoms with Crippen molar-refractivity contribution in [1.29, 1.82) is 0 Å². The van der Waals surface area contributed by atoms with Crippen LogP contribution >= 0.6 is 0 Å². The van der Waals surface area contributed by atoms with Gasteiger partial charge in [0.05, 0.1) is 18.5 Å². The number of carbonyl (C=O) groups excluding carboxylic acids is 2. The summed E-state index contributed by atoms with van der Waals surface area (Å²) in [7, 11) is 0. The number of nitrogens with zero attached hydrogens (tertiary/aromatic N) is 1. The van der Waals surface area contributed by atoms with Crippen molar-refractivity contribution in [1.82, 2.24) is 0 Å². The van der Waals surface area contributed by atoms with Gasteiger partial charge in [-0.15, -0.1) is 0 Å². The number of furan rings is 1. The van der Waals surface area contributed by atoms with Gasteiger partial charge in [-0.1, -0.05) is 13.0 Å². The lowest BCUT2D eigenvalue weighted by Crippen LogP contribution is -2.31. The number of benzene rings is 2. The predicted molar refractivity (Wildman–Crippen MR) is 108 cm³/mol. The maximum Gasteiger partial charge on any atom is 0.258 e. The Kier molecular flexibility index (Phi) is 5.35. The van der Waals surface area contributed by atoms with Crippen molar-refractivity contribution in [2.45, 2.75) is 19.9 Å². The molecule has 0 spiro atoms. The molecule has 30 heavy (non-hydrogen) atoms. The molecule has 0 aliphatic heterocycles. The average Bonchev–Trinajstić information content (AvgIpc) is 3.23. The first-order valence-corrected chi connectivity index (χ1v) is 9.62. The van der Waals surface area contributed by atoms with E-state index in [4.69, 9.17) is 4.42 Å². The van der Waals surface area contributed by atoms with E-state index in [2.05, 4.69) is 5.32 Å². The molecule has 1 N–H and O–H groups in total. The third kappa shape index (κ3) is 4.25. The van der Waals surface area contributed by atoms with E-state index in [0.29, 0.717) is 17.4 Å². The van der Waals surface area contributed by atoms with Crippen LogP contribution in [0.25, 0.3) is 0 Å². The first-order valence-electron chi connectivity index (χ1n) is 9.62. The number of halogens is 2. The molecule has 1 aliphatic rings. The van der Waals surface area contributed by atoms with Crippen LogP contribution < -0.4 is 10.2 Å². The first kappa shape index (κ1) is 19.8. The van der Waals surface area contributed by atoms with Gasteiger partial charge in [-0.05, 0) is 54.8 Å². The van der Waals surface area contributed by atoms with E-state index in [1.54, 1.807) is 36.4 Å². The molecular weight excluding hydrogens is 390 g/mol. The minimum atomic E-state index is -0.859. The monoisotopic (exact) mass is 410 g/mol. The van der Waals surface area contributed by atoms with Crippen LogP contribution in [0.3, 0.4) is 0 Å². The van der Waals surface area contributed by atoms with Gasteiger partial charge in [0.1, 0.15) is 17.4 Å². The van der Waals surface area contributed by atoms with Gasteiger partial charge in [0, 0.05) is 23.2 Å². The van der Waals surface area contributed by atoms with Crippen LogP contribution in [0.4, 0.5) is 20.2 Å². The zero-order valence-corrected chi connectivity index (χ0v) is 16.3. The summed E-state index contributed by atoms with van der Waals surface area (Å²) in [6.07, 6.45) is 2.30. The van der Waals surface area contributed by atoms with Gasteiger partial charge in [-0.25, -0.2) is 8.78 Å². The Hall–Kier alpha value is -3.48. The molecule has 3 aromatic rings. The van der Waals surface area contributed by atoms with Crippen LogP contribution in [0.1, 0.15) is 29.5 Å². The van der Waals surface area contributed by atoms with Crippen molar-refractivity contribution < 1.29 is 22.8 Å². The maximum atomic E-state index is 14.5. The quantitative estimate of drug-likeness (QED) is 0.622. The molecule has 154 valence electrons. The zero-order chi connectivity index (χ0) is 21.3. The number of carbonyl (C=O) groups is 2. The standard InChI is InChI=1S/C23H20F2N2O3/c1-14-10-19(14)22(28)26-17-5-2-4-15(11-17)23(29)27(13-18-6-3-9-30-18)21-8-7-16(24)12-20(21)25/h2-9,11-12,14,19H,10,13H2,1H3,(H,26,28). The highest BCUT2D eigenvalue weighted by molar-refractivity contribution is 6.07. The molecule has 2 unspecified atom stereocenters. The molecular formula is C23H20F2N2O3. The molecule has 0 bridgehead atoms. The topological polar surface area (TPSA) is 62.6 Å². The van der Waals surface area contributed by atoms with Crippen molar-refractivity contribution in [2.75, 3.05) is 10.2 Å². The number of amides is 2. The molecule has 7 heteroatoms. The number of hydrogen-bond donors (Lipinski definition) is 1. The second-order valence-electron chi connectivity index (χ2n) is 7.46. The number of nitrogens with one attached hydrogen (secondary N) is 1. The second-order valence-corrected chi connectivity index (χ2v) is 7.46. The maximum absolute atomic E-state index is 14.5. The summed E-state index contributed by atoms with van der Waals surface area (Å²) in [6, 6.07) is 12.8. The molecule has 1 heterocycles. The molecule has 1 aliphatic carbocycles. The number of anilines is 2. The Morgan fingerprint density at radius 1 is 1.13 bits per heavy atom. The molecule has 2 amide bonds. The van der Waals surface area contributed by atoms with Gasteiger partial charge in [-0.3, -0.25) is 14.5 Å². The average molecular weight is 410 g/mol. The summed E-state index contributed by atoms with van der Waals surface area (Å²) >= 11 is 0. The van der Waals surface area contributed by atoms with Crippen LogP contribution in [0, 0.1) is 23.5 Å². The summed E-state index contributed by atoms with van der Waals surface area (Å²) in [5.74, 6) is -1.38. The summed E-state index contributed by atoms with van der Waals surface area (Å²) in [5.41, 5.74) is 0.674. The number of rotatable bonds is 6. The third-order valence-corrected chi connectivity index (χ3v) is 5.16. The molecule has 1 fully saturated rings. The highest BCUT2D eigenvalue weighted by atomic mass is 19.1. The molecule has 2 aromatic carbocycles. The Morgan fingerprint density at radius 3 is 2.60 bits per heavy atom. The molecule has 0 radical (unpaired) electrons. The Balaban J connectivity index is 1.62. The summed E-state index contributed by atoms with van der Waals surface area (Å²) in [6.45, 7) is 1.97. The second kappa shape index (κ2) is 8.10. The summed E-state index contributed by atoms with van der Waals surface area (Å²) < 4.78 is 33.2. The van der Waals surface area contributed by atoms with Gasteiger partial charge in [0.15, 0.2) is 0 Å². The fraction of sp³-hybridized carbons (Fsp3) is 0.217. The minimum Gasteiger partial charge on any atom is -0.467 e. The van der Waals surface area contributed by atoms with Gasteiger partial charge in [-0.2, -0.15) is 0 Å². The highest BCUT2D eigenvalue weighted by Gasteiger charge is 2.39. The van der Waals surface area contributed by atoms with Crippen molar-refractivity contribution in [3.8, 4) is 0 Å². The lowest BCUT2D eigenvalue weighted by Gasteiger charge is -2.23. The van der Waals surface area contributed by atoms with E-state index >= 15 is 0 Å². The molecule has 5 nitrogen and oxygen atoms in total. The molecule has 1 aromatic heterocycles. The third-order valence-electron chi connectivity index (χ3n) is 5.16. The van der Waals surface area contributed by atoms with Crippen molar-refractivity contribution in [3.05, 3.63) is 83.8 Å². The Morgan fingerprint density at radius 2 is 1.93 bits per heavy atom. The van der Waals surface area contributed by atoms with E-state index < -0.39 is 17.5 Å². The molecule has 1 saturated carbocycles. The van der Waals surface area contributed by atoms with E-state index in [1.807, 2.05) is 6.92 Å². The van der Waals surface area contributed by atoms with E-state index in [0.717, 1.165) is 18.6 Å². The molecule has 4 rings (SSSR count). The van der Waals surface area contributed by atoms with Crippen molar-refractivity contribution in [3.63, 3.8) is 0 Å². The Labute approximate surface area is 172 Å². The summed E-state index contributed by atoms with van der Waals surface area (Å²) in [4.78, 5) is 26.6. The van der Waals surface area contributed by atoms with E-state index in [1.165, 1.54) is 17.2 Å². The van der Waals surface area contributed by atoms with Gasteiger partial charge >= 0.3 is 0 Å². The molecule has 0 saturated heterocycles. The normalized spacial score (nSPS) is 17.4. The van der Waals surface area contributed by atoms with Crippen LogP contribution in [-0.2, 0) is 11.3 Å². The Bertz CT molecular complexity index is 1080. The zero-order valence-electron chi connectivity index (χ0n) is 16.3. The van der Waals surface area contributed by atoms with E-state index in [9.17, 15) is 18.4 Å². The van der Waals surface area contributed by atoms with Gasteiger partial charge < -0.3 is 9.73 Å². The first-order chi connectivity index (χ1) is 14.4. The fourth-order valence-electron chi connectivity index (χ4n) is 3.33. The van der Waals surface area contributed by atoms with Crippen LogP contribution in [0.2, 0.25) is 0 Å². The SMILES string of the molecule is CC1CC1C(=O)Nc1cccc(C(=O)N(Cc2ccco2)c2ccc(F)cc2F)c1.